The van der Waals surface area contributed by atoms with Gasteiger partial charge in [0.05, 0.1) is 23.2 Å². The summed E-state index contributed by atoms with van der Waals surface area (Å²) in [5, 5.41) is 11.4. The summed E-state index contributed by atoms with van der Waals surface area (Å²) < 4.78 is 5.44. The van der Waals surface area contributed by atoms with E-state index in [0.717, 1.165) is 6.54 Å². The molecule has 7 nitrogen and oxygen atoms in total. The van der Waals surface area contributed by atoms with Crippen LogP contribution in [-0.2, 0) is 9.59 Å². The number of hydrogen-bond acceptors (Lipinski definition) is 6. The molecule has 1 aliphatic rings. The lowest BCUT2D eigenvalue weighted by atomic mass is 9.96. The van der Waals surface area contributed by atoms with Crippen LogP contribution in [0.3, 0.4) is 0 Å². The number of likely N-dealkylation sites (tertiary alicyclic amines) is 1. The number of hydrogen-bond donors (Lipinski definition) is 1. The summed E-state index contributed by atoms with van der Waals surface area (Å²) in [4.78, 5) is 33.4. The normalized spacial score (nSPS) is 18.1. The Kier molecular flexibility index (Phi) is 7.30. The zero-order chi connectivity index (χ0) is 22.5. The van der Waals surface area contributed by atoms with E-state index in [4.69, 9.17) is 16.3 Å². The van der Waals surface area contributed by atoms with Crippen LogP contribution in [0.2, 0.25) is 5.02 Å². The number of aliphatic hydroxyl groups is 1. The maximum absolute atomic E-state index is 13.0. The molecular formula is C23H26ClN3O4. The molecule has 0 saturated carbocycles. The highest BCUT2D eigenvalue weighted by molar-refractivity contribution is 6.46. The van der Waals surface area contributed by atoms with Gasteiger partial charge in [0.2, 0.25) is 0 Å². The first-order valence-corrected chi connectivity index (χ1v) is 10.5. The van der Waals surface area contributed by atoms with Gasteiger partial charge < -0.3 is 19.6 Å². The number of aliphatic hydroxyl groups excluding tert-OH is 1. The van der Waals surface area contributed by atoms with Crippen molar-refractivity contribution >= 4 is 29.1 Å². The number of carbonyl (C=O) groups excluding carboxylic acids is 2. The molecule has 1 atom stereocenters. The minimum atomic E-state index is -0.714. The highest BCUT2D eigenvalue weighted by Gasteiger charge is 2.45. The van der Waals surface area contributed by atoms with Crippen molar-refractivity contribution in [2.24, 2.45) is 0 Å². The first-order chi connectivity index (χ1) is 14.8. The van der Waals surface area contributed by atoms with Crippen molar-refractivity contribution in [1.82, 2.24) is 14.8 Å². The molecule has 0 spiro atoms. The van der Waals surface area contributed by atoms with Crippen LogP contribution in [-0.4, -0.2) is 65.4 Å². The Bertz CT molecular complexity index is 992. The van der Waals surface area contributed by atoms with Crippen molar-refractivity contribution in [3.05, 3.63) is 64.4 Å². The van der Waals surface area contributed by atoms with Crippen molar-refractivity contribution in [3.63, 3.8) is 0 Å². The second-order valence-corrected chi connectivity index (χ2v) is 7.92. The summed E-state index contributed by atoms with van der Waals surface area (Å²) >= 11 is 6.27. The molecule has 1 amide bonds. The van der Waals surface area contributed by atoms with Gasteiger partial charge in [-0.25, -0.2) is 0 Å². The summed E-state index contributed by atoms with van der Waals surface area (Å²) in [7, 11) is 3.90. The minimum absolute atomic E-state index is 0.0429. The van der Waals surface area contributed by atoms with Crippen molar-refractivity contribution in [2.75, 3.05) is 33.8 Å². The van der Waals surface area contributed by atoms with Crippen LogP contribution in [0.4, 0.5) is 0 Å². The third-order valence-electron chi connectivity index (χ3n) is 5.07. The Hall–Kier alpha value is -2.90. The van der Waals surface area contributed by atoms with Crippen LogP contribution in [0.25, 0.3) is 5.76 Å². The van der Waals surface area contributed by atoms with Gasteiger partial charge in [-0.2, -0.15) is 0 Å². The van der Waals surface area contributed by atoms with E-state index < -0.39 is 17.7 Å². The van der Waals surface area contributed by atoms with Gasteiger partial charge in [0.25, 0.3) is 11.7 Å². The van der Waals surface area contributed by atoms with E-state index in [1.807, 2.05) is 25.9 Å². The molecule has 1 aromatic heterocycles. The van der Waals surface area contributed by atoms with Gasteiger partial charge in [-0.15, -0.1) is 0 Å². The number of aromatic nitrogens is 1. The van der Waals surface area contributed by atoms with Crippen molar-refractivity contribution in [3.8, 4) is 5.75 Å². The van der Waals surface area contributed by atoms with E-state index >= 15 is 0 Å². The summed E-state index contributed by atoms with van der Waals surface area (Å²) in [6.45, 7) is 3.44. The lowest BCUT2D eigenvalue weighted by Crippen LogP contribution is -2.32. The smallest absolute Gasteiger partial charge is 0.295 e. The fraction of sp³-hybridized carbons (Fsp3) is 0.348. The van der Waals surface area contributed by atoms with Gasteiger partial charge in [0.1, 0.15) is 11.5 Å². The topological polar surface area (TPSA) is 83.0 Å². The molecule has 8 heteroatoms. The van der Waals surface area contributed by atoms with Crippen LogP contribution < -0.4 is 4.74 Å². The van der Waals surface area contributed by atoms with Gasteiger partial charge >= 0.3 is 0 Å². The van der Waals surface area contributed by atoms with Crippen LogP contribution in [0.15, 0.2) is 48.3 Å². The Balaban J connectivity index is 2.06. The minimum Gasteiger partial charge on any atom is -0.507 e. The molecule has 2 aromatic rings. The average Bonchev–Trinajstić information content (AvgIpc) is 3.00. The maximum atomic E-state index is 13.0. The molecule has 0 aliphatic carbocycles. The van der Waals surface area contributed by atoms with Gasteiger partial charge in [-0.1, -0.05) is 11.6 Å². The van der Waals surface area contributed by atoms with Gasteiger partial charge in [-0.3, -0.25) is 14.6 Å². The van der Waals surface area contributed by atoms with E-state index in [9.17, 15) is 14.7 Å². The predicted molar refractivity (Wildman–Crippen MR) is 119 cm³/mol. The third kappa shape index (κ3) is 4.89. The molecule has 1 saturated heterocycles. The quantitative estimate of drug-likeness (QED) is 0.382. The number of ketones is 1. The lowest BCUT2D eigenvalue weighted by molar-refractivity contribution is -0.139. The number of ether oxygens (including phenoxy) is 1. The number of carbonyl (C=O) groups is 2. The predicted octanol–water partition coefficient (Wildman–Crippen LogP) is 3.51. The van der Waals surface area contributed by atoms with Gasteiger partial charge in [0.15, 0.2) is 0 Å². The molecule has 164 valence electrons. The first-order valence-electron chi connectivity index (χ1n) is 10.1. The molecule has 1 aromatic carbocycles. The molecule has 1 N–H and O–H groups in total. The molecule has 1 aliphatic heterocycles. The molecule has 1 fully saturated rings. The van der Waals surface area contributed by atoms with Crippen LogP contribution >= 0.6 is 11.6 Å². The number of rotatable bonds is 8. The second-order valence-electron chi connectivity index (χ2n) is 7.51. The van der Waals surface area contributed by atoms with Crippen LogP contribution in [0.1, 0.15) is 30.5 Å². The highest BCUT2D eigenvalue weighted by atomic mass is 35.5. The Morgan fingerprint density at radius 3 is 2.55 bits per heavy atom. The van der Waals surface area contributed by atoms with Gasteiger partial charge in [0, 0.05) is 24.5 Å². The zero-order valence-electron chi connectivity index (χ0n) is 17.8. The molecule has 2 heterocycles. The number of amides is 1. The molecule has 0 radical (unpaired) electrons. The molecule has 0 bridgehead atoms. The third-order valence-corrected chi connectivity index (χ3v) is 5.37. The molecular weight excluding hydrogens is 418 g/mol. The van der Waals surface area contributed by atoms with E-state index in [-0.39, 0.29) is 11.3 Å². The number of benzene rings is 1. The summed E-state index contributed by atoms with van der Waals surface area (Å²) in [6, 6.07) is 7.58. The molecule has 3 rings (SSSR count). The van der Waals surface area contributed by atoms with Crippen molar-refractivity contribution < 1.29 is 19.4 Å². The van der Waals surface area contributed by atoms with E-state index in [1.165, 1.54) is 11.0 Å². The van der Waals surface area contributed by atoms with Crippen molar-refractivity contribution in [2.45, 2.75) is 19.4 Å². The fourth-order valence-corrected chi connectivity index (χ4v) is 3.87. The Labute approximate surface area is 186 Å². The van der Waals surface area contributed by atoms with Gasteiger partial charge in [-0.05, 0) is 69.9 Å². The Morgan fingerprint density at radius 2 is 1.94 bits per heavy atom. The average molecular weight is 444 g/mol. The molecule has 31 heavy (non-hydrogen) atoms. The van der Waals surface area contributed by atoms with Crippen LogP contribution in [0.5, 0.6) is 5.75 Å². The van der Waals surface area contributed by atoms with Crippen LogP contribution in [0, 0.1) is 0 Å². The number of pyridine rings is 1. The highest BCUT2D eigenvalue weighted by Crippen LogP contribution is 2.40. The zero-order valence-corrected chi connectivity index (χ0v) is 18.6. The summed E-state index contributed by atoms with van der Waals surface area (Å²) in [5.74, 6) is -1.12. The number of halogens is 1. The standard InChI is InChI=1S/C23H26ClN3O4/c1-4-31-18-7-6-16(14-17(18)24)21(28)19-20(15-8-10-25-11-9-15)27(23(30)22(19)29)13-5-12-26(2)3/h6-11,14,20,28H,4-5,12-13H2,1-3H3/t20-/m1/s1. The van der Waals surface area contributed by atoms with E-state index in [2.05, 4.69) is 4.98 Å². The fourth-order valence-electron chi connectivity index (χ4n) is 3.64. The molecule has 0 unspecified atom stereocenters. The monoisotopic (exact) mass is 443 g/mol. The maximum Gasteiger partial charge on any atom is 0.295 e. The Morgan fingerprint density at radius 1 is 1.23 bits per heavy atom. The SMILES string of the molecule is CCOc1ccc(C(O)=C2C(=O)C(=O)N(CCCN(C)C)[C@@H]2c2ccncc2)cc1Cl. The summed E-state index contributed by atoms with van der Waals surface area (Å²) in [5.41, 5.74) is 1.10. The second kappa shape index (κ2) is 9.94. The number of Topliss-reactive ketones (excluding diaryl/α,β-unsaturated/α-hetero) is 1. The van der Waals surface area contributed by atoms with E-state index in [1.54, 1.807) is 36.7 Å². The van der Waals surface area contributed by atoms with E-state index in [0.29, 0.717) is 41.5 Å². The lowest BCUT2D eigenvalue weighted by Gasteiger charge is -2.25. The van der Waals surface area contributed by atoms with Crippen molar-refractivity contribution in [1.29, 1.82) is 0 Å². The first kappa shape index (κ1) is 22.8. The summed E-state index contributed by atoms with van der Waals surface area (Å²) in [6.07, 6.45) is 3.89. The largest absolute Gasteiger partial charge is 0.507 e. The number of nitrogens with zero attached hydrogens (tertiary/aromatic N) is 3.